The Morgan fingerprint density at radius 1 is 1.28 bits per heavy atom. The fourth-order valence-electron chi connectivity index (χ4n) is 3.90. The van der Waals surface area contributed by atoms with Gasteiger partial charge in [0.2, 0.25) is 5.95 Å². The van der Waals surface area contributed by atoms with Crippen molar-refractivity contribution >= 4 is 11.7 Å². The Bertz CT molecular complexity index is 1070. The van der Waals surface area contributed by atoms with Crippen molar-refractivity contribution in [2.45, 2.75) is 25.7 Å². The van der Waals surface area contributed by atoms with Crippen molar-refractivity contribution in [3.63, 3.8) is 0 Å². The summed E-state index contributed by atoms with van der Waals surface area (Å²) in [6, 6.07) is 8.61. The predicted octanol–water partition coefficient (Wildman–Crippen LogP) is 3.85. The molecule has 0 saturated carbocycles. The van der Waals surface area contributed by atoms with Crippen molar-refractivity contribution in [1.29, 1.82) is 0 Å². The highest BCUT2D eigenvalue weighted by Gasteiger charge is 2.30. The molecule has 1 radical (unpaired) electrons. The highest BCUT2D eigenvalue weighted by atomic mass is 19.1. The summed E-state index contributed by atoms with van der Waals surface area (Å²) < 4.78 is 14.1. The van der Waals surface area contributed by atoms with E-state index in [2.05, 4.69) is 27.0 Å². The smallest absolute Gasteiger partial charge is 0.220 e. The third kappa shape index (κ3) is 3.81. The molecule has 2 aromatic heterocycles. The SMILES string of the molecule is [CH2]CON=C1CC(c2ccc(F)cc2-c2cccnc2)Cc2nc(N)nc(C)c21. The van der Waals surface area contributed by atoms with Crippen molar-refractivity contribution in [3.05, 3.63) is 78.0 Å². The van der Waals surface area contributed by atoms with E-state index in [9.17, 15) is 4.39 Å². The Balaban J connectivity index is 1.83. The van der Waals surface area contributed by atoms with Crippen LogP contribution in [0.5, 0.6) is 0 Å². The number of pyridine rings is 1. The second kappa shape index (κ2) is 7.95. The maximum atomic E-state index is 14.1. The van der Waals surface area contributed by atoms with E-state index in [-0.39, 0.29) is 24.3 Å². The average molecular weight is 390 g/mol. The fourth-order valence-corrected chi connectivity index (χ4v) is 3.90. The summed E-state index contributed by atoms with van der Waals surface area (Å²) in [5, 5.41) is 4.28. The Morgan fingerprint density at radius 3 is 2.90 bits per heavy atom. The lowest BCUT2D eigenvalue weighted by molar-refractivity contribution is 0.172. The molecule has 0 spiro atoms. The molecule has 7 heteroatoms. The van der Waals surface area contributed by atoms with Crippen LogP contribution in [-0.2, 0) is 11.3 Å². The molecule has 2 N–H and O–H groups in total. The minimum Gasteiger partial charge on any atom is -0.396 e. The minimum atomic E-state index is -0.291. The molecule has 29 heavy (non-hydrogen) atoms. The molecule has 6 nitrogen and oxygen atoms in total. The van der Waals surface area contributed by atoms with Gasteiger partial charge in [0.15, 0.2) is 0 Å². The van der Waals surface area contributed by atoms with Crippen LogP contribution in [0.4, 0.5) is 10.3 Å². The van der Waals surface area contributed by atoms with Crippen LogP contribution in [0.2, 0.25) is 0 Å². The number of aromatic nitrogens is 3. The normalized spacial score (nSPS) is 17.2. The number of fused-ring (bicyclic) bond motifs is 1. The Hall–Kier alpha value is -3.35. The topological polar surface area (TPSA) is 86.3 Å². The Morgan fingerprint density at radius 2 is 2.14 bits per heavy atom. The van der Waals surface area contributed by atoms with Gasteiger partial charge >= 0.3 is 0 Å². The summed E-state index contributed by atoms with van der Waals surface area (Å²) in [6.07, 6.45) is 4.69. The van der Waals surface area contributed by atoms with Gasteiger partial charge in [0.05, 0.1) is 17.1 Å². The molecular weight excluding hydrogens is 369 g/mol. The van der Waals surface area contributed by atoms with Crippen molar-refractivity contribution in [3.8, 4) is 11.1 Å². The number of nitrogens with zero attached hydrogens (tertiary/aromatic N) is 4. The number of benzene rings is 1. The highest BCUT2D eigenvalue weighted by Crippen LogP contribution is 2.38. The average Bonchev–Trinajstić information content (AvgIpc) is 2.72. The molecular formula is C22H21FN5O. The minimum absolute atomic E-state index is 0.0270. The largest absolute Gasteiger partial charge is 0.396 e. The second-order valence-corrected chi connectivity index (χ2v) is 6.94. The van der Waals surface area contributed by atoms with Crippen LogP contribution in [0.1, 0.15) is 34.9 Å². The molecule has 0 amide bonds. The zero-order chi connectivity index (χ0) is 20.4. The highest BCUT2D eigenvalue weighted by molar-refractivity contribution is 6.03. The number of oxime groups is 1. The number of rotatable bonds is 4. The number of nitrogen functional groups attached to an aromatic ring is 1. The van der Waals surface area contributed by atoms with E-state index in [0.717, 1.165) is 39.4 Å². The zero-order valence-electron chi connectivity index (χ0n) is 16.1. The monoisotopic (exact) mass is 390 g/mol. The van der Waals surface area contributed by atoms with Crippen LogP contribution < -0.4 is 5.73 Å². The lowest BCUT2D eigenvalue weighted by atomic mass is 9.78. The number of aryl methyl sites for hydroxylation is 1. The lowest BCUT2D eigenvalue weighted by Crippen LogP contribution is -2.24. The molecule has 4 rings (SSSR count). The third-order valence-electron chi connectivity index (χ3n) is 5.04. The summed E-state index contributed by atoms with van der Waals surface area (Å²) >= 11 is 0. The molecule has 1 aliphatic carbocycles. The number of nitrogens with two attached hydrogens (primary N) is 1. The number of hydrogen-bond acceptors (Lipinski definition) is 6. The van der Waals surface area contributed by atoms with E-state index in [1.165, 1.54) is 6.07 Å². The van der Waals surface area contributed by atoms with E-state index in [4.69, 9.17) is 10.6 Å². The molecule has 147 valence electrons. The Labute approximate surface area is 168 Å². The first-order chi connectivity index (χ1) is 14.1. The second-order valence-electron chi connectivity index (χ2n) is 6.94. The van der Waals surface area contributed by atoms with Gasteiger partial charge in [0.1, 0.15) is 12.4 Å². The van der Waals surface area contributed by atoms with Crippen LogP contribution in [-0.4, -0.2) is 27.3 Å². The molecule has 1 aromatic carbocycles. The molecule has 0 bridgehead atoms. The van der Waals surface area contributed by atoms with Gasteiger partial charge in [-0.2, -0.15) is 0 Å². The maximum absolute atomic E-state index is 14.1. The quantitative estimate of drug-likeness (QED) is 0.684. The molecule has 1 unspecified atom stereocenters. The van der Waals surface area contributed by atoms with Gasteiger partial charge < -0.3 is 10.6 Å². The first kappa shape index (κ1) is 19.0. The number of anilines is 1. The van der Waals surface area contributed by atoms with Gasteiger partial charge in [-0.15, -0.1) is 0 Å². The van der Waals surface area contributed by atoms with Crippen molar-refractivity contribution in [2.75, 3.05) is 12.3 Å². The van der Waals surface area contributed by atoms with Crippen LogP contribution in [0, 0.1) is 19.7 Å². The summed E-state index contributed by atoms with van der Waals surface area (Å²) in [6.45, 7) is 5.78. The zero-order valence-corrected chi connectivity index (χ0v) is 16.1. The summed E-state index contributed by atoms with van der Waals surface area (Å²) in [7, 11) is 0. The molecule has 0 aliphatic heterocycles. The molecule has 1 atom stereocenters. The van der Waals surface area contributed by atoms with Crippen molar-refractivity contribution < 1.29 is 9.23 Å². The number of halogens is 1. The van der Waals surface area contributed by atoms with Gasteiger partial charge in [-0.25, -0.2) is 14.4 Å². The van der Waals surface area contributed by atoms with E-state index >= 15 is 0 Å². The lowest BCUT2D eigenvalue weighted by Gasteiger charge is -2.28. The van der Waals surface area contributed by atoms with Crippen LogP contribution in [0.3, 0.4) is 0 Å². The van der Waals surface area contributed by atoms with Crippen LogP contribution >= 0.6 is 0 Å². The fraction of sp³-hybridized carbons (Fsp3) is 0.227. The molecule has 3 aromatic rings. The van der Waals surface area contributed by atoms with Crippen LogP contribution in [0.25, 0.3) is 11.1 Å². The predicted molar refractivity (Wildman–Crippen MR) is 110 cm³/mol. The Kier molecular flexibility index (Phi) is 5.20. The van der Waals surface area contributed by atoms with Gasteiger partial charge in [0, 0.05) is 29.9 Å². The standard InChI is InChI=1S/C22H21FN5O/c1-3-29-28-20-10-15(9-19-21(20)13(2)26-22(24)27-19)17-7-6-16(23)11-18(17)14-5-4-8-25-12-14/h4-8,11-12,15H,1,3,9-10H2,2H3,(H2,24,26,27). The molecule has 0 saturated heterocycles. The molecule has 0 fully saturated rings. The van der Waals surface area contributed by atoms with Crippen LogP contribution in [0.15, 0.2) is 47.9 Å². The number of hydrogen-bond donors (Lipinski definition) is 1. The van der Waals surface area contributed by atoms with E-state index in [1.54, 1.807) is 18.5 Å². The van der Waals surface area contributed by atoms with Gasteiger partial charge in [-0.1, -0.05) is 17.3 Å². The van der Waals surface area contributed by atoms with Crippen molar-refractivity contribution in [1.82, 2.24) is 15.0 Å². The van der Waals surface area contributed by atoms with Crippen molar-refractivity contribution in [2.24, 2.45) is 5.16 Å². The summed E-state index contributed by atoms with van der Waals surface area (Å²) in [4.78, 5) is 18.2. The first-order valence-corrected chi connectivity index (χ1v) is 9.38. The maximum Gasteiger partial charge on any atom is 0.220 e. The summed E-state index contributed by atoms with van der Waals surface area (Å²) in [5.74, 6) is -0.0365. The molecule has 2 heterocycles. The van der Waals surface area contributed by atoms with E-state index in [1.807, 2.05) is 25.1 Å². The van der Waals surface area contributed by atoms with E-state index < -0.39 is 0 Å². The summed E-state index contributed by atoms with van der Waals surface area (Å²) in [5.41, 5.74) is 11.8. The van der Waals surface area contributed by atoms with Gasteiger partial charge in [-0.3, -0.25) is 4.98 Å². The first-order valence-electron chi connectivity index (χ1n) is 9.38. The van der Waals surface area contributed by atoms with E-state index in [0.29, 0.717) is 12.8 Å². The third-order valence-corrected chi connectivity index (χ3v) is 5.04. The van der Waals surface area contributed by atoms with Gasteiger partial charge in [0.25, 0.3) is 0 Å². The molecule has 1 aliphatic rings. The van der Waals surface area contributed by atoms with Gasteiger partial charge in [-0.05, 0) is 55.5 Å².